The number of H-pyrrole nitrogens is 1. The van der Waals surface area contributed by atoms with Crippen molar-refractivity contribution in [2.75, 3.05) is 25.6 Å². The summed E-state index contributed by atoms with van der Waals surface area (Å²) in [6.45, 7) is 0.598. The lowest BCUT2D eigenvalue weighted by Crippen LogP contribution is -2.51. The van der Waals surface area contributed by atoms with Crippen molar-refractivity contribution in [3.05, 3.63) is 59.0 Å². The Morgan fingerprint density at radius 3 is 2.88 bits per heavy atom. The summed E-state index contributed by atoms with van der Waals surface area (Å²) in [4.78, 5) is 20.3. The summed E-state index contributed by atoms with van der Waals surface area (Å²) in [5.74, 6) is 0.305. The van der Waals surface area contributed by atoms with E-state index in [1.54, 1.807) is 13.2 Å². The average Bonchev–Trinajstić information content (AvgIpc) is 3.03. The number of carbonyl (C=O) groups is 1. The Bertz CT molecular complexity index is 1060. The maximum Gasteiger partial charge on any atom is 0.258 e. The highest BCUT2D eigenvalue weighted by Crippen LogP contribution is 2.43. The summed E-state index contributed by atoms with van der Waals surface area (Å²) in [6.07, 6.45) is 0.533. The number of hydrogen-bond donors (Lipinski definition) is 1. The molecular weight excluding hydrogens is 333 g/mol. The predicted octanol–water partition coefficient (Wildman–Crippen LogP) is 3.46. The van der Waals surface area contributed by atoms with E-state index in [2.05, 4.69) is 4.98 Å². The topological polar surface area (TPSA) is 48.6 Å². The van der Waals surface area contributed by atoms with Crippen LogP contribution in [0.2, 0.25) is 0 Å². The van der Waals surface area contributed by atoms with Crippen LogP contribution in [0.3, 0.4) is 0 Å². The second kappa shape index (κ2) is 5.24. The molecule has 2 aliphatic rings. The fourth-order valence-electron chi connectivity index (χ4n) is 4.26. The molecule has 0 saturated carbocycles. The van der Waals surface area contributed by atoms with Crippen LogP contribution in [0.1, 0.15) is 27.8 Å². The zero-order valence-electron chi connectivity index (χ0n) is 14.5. The van der Waals surface area contributed by atoms with Gasteiger partial charge in [-0.05, 0) is 48.4 Å². The molecule has 0 radical (unpaired) electrons. The van der Waals surface area contributed by atoms with Gasteiger partial charge < -0.3 is 19.5 Å². The van der Waals surface area contributed by atoms with E-state index in [4.69, 9.17) is 4.74 Å². The van der Waals surface area contributed by atoms with Crippen LogP contribution >= 0.6 is 0 Å². The zero-order valence-corrected chi connectivity index (χ0v) is 14.5. The van der Waals surface area contributed by atoms with Crippen molar-refractivity contribution in [3.8, 4) is 5.75 Å². The maximum absolute atomic E-state index is 13.7. The number of anilines is 1. The summed E-state index contributed by atoms with van der Waals surface area (Å²) in [5, 5.41) is 1.13. The quantitative estimate of drug-likeness (QED) is 0.730. The zero-order chi connectivity index (χ0) is 18.0. The number of carbonyl (C=O) groups excluding carboxylic acids is 1. The van der Waals surface area contributed by atoms with Crippen LogP contribution in [0.5, 0.6) is 5.75 Å². The van der Waals surface area contributed by atoms with Crippen molar-refractivity contribution in [1.82, 2.24) is 9.88 Å². The first kappa shape index (κ1) is 15.3. The standard InChI is InChI=1S/C20H18FN3O2/c1-23-17-6-3-11(21)9-15(17)20(25)24-8-7-13-14-10-12(26-2)4-5-16(14)22-18(13)19(23)24/h3-6,9-10,19,22H,7-8H2,1-2H3. The molecule has 0 fully saturated rings. The highest BCUT2D eigenvalue weighted by Gasteiger charge is 2.41. The number of nitrogens with zero attached hydrogens (tertiary/aromatic N) is 2. The third kappa shape index (κ3) is 1.92. The van der Waals surface area contributed by atoms with Gasteiger partial charge in [0.15, 0.2) is 0 Å². The van der Waals surface area contributed by atoms with E-state index in [-0.39, 0.29) is 17.9 Å². The molecule has 6 heteroatoms. The van der Waals surface area contributed by atoms with E-state index in [9.17, 15) is 9.18 Å². The lowest BCUT2D eigenvalue weighted by molar-refractivity contribution is 0.0634. The molecule has 1 aromatic heterocycles. The molecule has 0 saturated heterocycles. The Balaban J connectivity index is 1.70. The number of aromatic nitrogens is 1. The number of methoxy groups -OCH3 is 1. The van der Waals surface area contributed by atoms with Gasteiger partial charge in [-0.15, -0.1) is 0 Å². The molecule has 132 valence electrons. The molecule has 0 bridgehead atoms. The highest BCUT2D eigenvalue weighted by molar-refractivity contribution is 6.02. The second-order valence-corrected chi connectivity index (χ2v) is 6.82. The molecule has 1 unspecified atom stereocenters. The molecule has 3 aromatic rings. The Morgan fingerprint density at radius 2 is 2.08 bits per heavy atom. The number of benzene rings is 2. The molecule has 3 heterocycles. The maximum atomic E-state index is 13.7. The average molecular weight is 351 g/mol. The van der Waals surface area contributed by atoms with Crippen LogP contribution in [0, 0.1) is 5.82 Å². The predicted molar refractivity (Wildman–Crippen MR) is 97.1 cm³/mol. The summed E-state index contributed by atoms with van der Waals surface area (Å²) < 4.78 is 19.0. The molecule has 1 amide bonds. The minimum Gasteiger partial charge on any atom is -0.497 e. The van der Waals surface area contributed by atoms with Crippen LogP contribution in [-0.2, 0) is 6.42 Å². The van der Waals surface area contributed by atoms with E-state index in [0.29, 0.717) is 12.1 Å². The van der Waals surface area contributed by atoms with Crippen LogP contribution in [0.25, 0.3) is 10.9 Å². The first-order chi connectivity index (χ1) is 12.6. The Labute approximate surface area is 150 Å². The Kier molecular flexibility index (Phi) is 3.07. The second-order valence-electron chi connectivity index (χ2n) is 6.82. The van der Waals surface area contributed by atoms with Crippen LogP contribution in [-0.4, -0.2) is 36.5 Å². The van der Waals surface area contributed by atoms with Crippen molar-refractivity contribution in [2.45, 2.75) is 12.6 Å². The Hall–Kier alpha value is -3.02. The number of aromatic amines is 1. The third-order valence-corrected chi connectivity index (χ3v) is 5.50. The number of hydrogen-bond acceptors (Lipinski definition) is 3. The first-order valence-electron chi connectivity index (χ1n) is 8.60. The number of halogens is 1. The highest BCUT2D eigenvalue weighted by atomic mass is 19.1. The number of ether oxygens (including phenoxy) is 1. The lowest BCUT2D eigenvalue weighted by Gasteiger charge is -2.46. The van der Waals surface area contributed by atoms with Gasteiger partial charge in [-0.2, -0.15) is 0 Å². The van der Waals surface area contributed by atoms with Gasteiger partial charge in [-0.3, -0.25) is 4.79 Å². The van der Waals surface area contributed by atoms with Crippen molar-refractivity contribution < 1.29 is 13.9 Å². The summed E-state index contributed by atoms with van der Waals surface area (Å²) in [6, 6.07) is 10.4. The van der Waals surface area contributed by atoms with Gasteiger partial charge in [0.25, 0.3) is 5.91 Å². The molecule has 5 nitrogen and oxygen atoms in total. The van der Waals surface area contributed by atoms with Gasteiger partial charge in [0.05, 0.1) is 24.1 Å². The van der Waals surface area contributed by atoms with Gasteiger partial charge in [0.2, 0.25) is 0 Å². The molecule has 0 spiro atoms. The van der Waals surface area contributed by atoms with E-state index >= 15 is 0 Å². The minimum absolute atomic E-state index is 0.121. The molecule has 5 rings (SSSR count). The van der Waals surface area contributed by atoms with Gasteiger partial charge in [-0.1, -0.05) is 0 Å². The van der Waals surface area contributed by atoms with E-state index in [0.717, 1.165) is 34.5 Å². The fraction of sp³-hybridized carbons (Fsp3) is 0.250. The van der Waals surface area contributed by atoms with E-state index in [1.807, 2.05) is 35.0 Å². The summed E-state index contributed by atoms with van der Waals surface area (Å²) in [7, 11) is 3.60. The van der Waals surface area contributed by atoms with Crippen LogP contribution in [0.4, 0.5) is 10.1 Å². The number of fused-ring (bicyclic) bond motifs is 6. The molecule has 2 aromatic carbocycles. The third-order valence-electron chi connectivity index (χ3n) is 5.50. The van der Waals surface area contributed by atoms with Crippen LogP contribution in [0.15, 0.2) is 36.4 Å². The van der Waals surface area contributed by atoms with Gasteiger partial charge in [0, 0.05) is 24.5 Å². The molecular formula is C20H18FN3O2. The molecule has 1 N–H and O–H groups in total. The smallest absolute Gasteiger partial charge is 0.258 e. The van der Waals surface area contributed by atoms with E-state index < -0.39 is 0 Å². The minimum atomic E-state index is -0.389. The SMILES string of the molecule is COc1ccc2[nH]c3c(c2c1)CCN1C(=O)c2cc(F)ccc2N(C)C31. The van der Waals surface area contributed by atoms with Crippen molar-refractivity contribution >= 4 is 22.5 Å². The molecule has 2 aliphatic heterocycles. The largest absolute Gasteiger partial charge is 0.497 e. The summed E-state index contributed by atoms with van der Waals surface area (Å²) in [5.41, 5.74) is 4.44. The van der Waals surface area contributed by atoms with Gasteiger partial charge in [-0.25, -0.2) is 4.39 Å². The number of rotatable bonds is 1. The van der Waals surface area contributed by atoms with Gasteiger partial charge >= 0.3 is 0 Å². The number of nitrogens with one attached hydrogen (secondary N) is 1. The normalized spacial score (nSPS) is 18.6. The lowest BCUT2D eigenvalue weighted by atomic mass is 9.96. The Morgan fingerprint density at radius 1 is 1.23 bits per heavy atom. The van der Waals surface area contributed by atoms with Crippen LogP contribution < -0.4 is 9.64 Å². The molecule has 26 heavy (non-hydrogen) atoms. The van der Waals surface area contributed by atoms with Crippen molar-refractivity contribution in [1.29, 1.82) is 0 Å². The first-order valence-corrected chi connectivity index (χ1v) is 8.60. The van der Waals surface area contributed by atoms with E-state index in [1.165, 1.54) is 17.7 Å². The van der Waals surface area contributed by atoms with Crippen molar-refractivity contribution in [2.24, 2.45) is 0 Å². The van der Waals surface area contributed by atoms with Gasteiger partial charge in [0.1, 0.15) is 17.7 Å². The molecule has 0 aliphatic carbocycles. The monoisotopic (exact) mass is 351 g/mol. The van der Waals surface area contributed by atoms with Crippen molar-refractivity contribution in [3.63, 3.8) is 0 Å². The number of amides is 1. The fourth-order valence-corrected chi connectivity index (χ4v) is 4.26. The molecule has 1 atom stereocenters. The summed E-state index contributed by atoms with van der Waals surface area (Å²) >= 11 is 0.